The number of benzene rings is 2. The molecule has 0 fully saturated rings. The van der Waals surface area contributed by atoms with Crippen LogP contribution in [-0.4, -0.2) is 18.4 Å². The van der Waals surface area contributed by atoms with Crippen LogP contribution in [-0.2, 0) is 4.79 Å². The largest absolute Gasteiger partial charge is 0.351 e. The molecular weight excluding hydrogens is 348 g/mol. The van der Waals surface area contributed by atoms with Crippen LogP contribution in [0, 0.1) is 6.92 Å². The number of nitrogens with one attached hydrogen (secondary N) is 2. The van der Waals surface area contributed by atoms with Crippen molar-refractivity contribution in [3.8, 4) is 0 Å². The minimum absolute atomic E-state index is 0.166. The fourth-order valence-electron chi connectivity index (χ4n) is 2.28. The number of unbranched alkanes of at least 4 members (excludes halogenated alkanes) is 1. The summed E-state index contributed by atoms with van der Waals surface area (Å²) in [4.78, 5) is 25.0. The molecule has 0 radical (unpaired) electrons. The van der Waals surface area contributed by atoms with Crippen LogP contribution in [0.2, 0.25) is 5.02 Å². The van der Waals surface area contributed by atoms with Gasteiger partial charge in [0.05, 0.1) is 0 Å². The van der Waals surface area contributed by atoms with E-state index in [-0.39, 0.29) is 17.5 Å². The van der Waals surface area contributed by atoms with Crippen molar-refractivity contribution in [2.75, 3.05) is 6.54 Å². The molecule has 0 unspecified atom stereocenters. The molecule has 0 aliphatic heterocycles. The fraction of sp³-hybridized carbons (Fsp3) is 0.238. The molecule has 2 aromatic rings. The molecule has 2 rings (SSSR count). The van der Waals surface area contributed by atoms with Crippen LogP contribution in [0.15, 0.2) is 54.2 Å². The van der Waals surface area contributed by atoms with E-state index in [4.69, 9.17) is 11.6 Å². The summed E-state index contributed by atoms with van der Waals surface area (Å²) in [6, 6.07) is 14.3. The molecule has 26 heavy (non-hydrogen) atoms. The van der Waals surface area contributed by atoms with Gasteiger partial charge in [-0.05, 0) is 43.2 Å². The van der Waals surface area contributed by atoms with Gasteiger partial charge in [-0.3, -0.25) is 9.59 Å². The van der Waals surface area contributed by atoms with E-state index in [1.807, 2.05) is 38.1 Å². The van der Waals surface area contributed by atoms with Gasteiger partial charge in [0.15, 0.2) is 0 Å². The molecule has 0 aromatic heterocycles. The van der Waals surface area contributed by atoms with E-state index in [1.54, 1.807) is 30.3 Å². The molecule has 2 amide bonds. The number of hydrogen-bond donors (Lipinski definition) is 2. The summed E-state index contributed by atoms with van der Waals surface area (Å²) < 4.78 is 0. The van der Waals surface area contributed by atoms with E-state index in [0.717, 1.165) is 18.4 Å². The number of hydrogen-bond acceptors (Lipinski definition) is 2. The summed E-state index contributed by atoms with van der Waals surface area (Å²) in [7, 11) is 0. The summed E-state index contributed by atoms with van der Waals surface area (Å²) in [5, 5.41) is 6.04. The van der Waals surface area contributed by atoms with Crippen molar-refractivity contribution in [3.05, 3.63) is 75.9 Å². The number of amides is 2. The number of rotatable bonds is 7. The van der Waals surface area contributed by atoms with Crippen molar-refractivity contribution in [1.82, 2.24) is 10.6 Å². The van der Waals surface area contributed by atoms with Gasteiger partial charge >= 0.3 is 0 Å². The van der Waals surface area contributed by atoms with Gasteiger partial charge in [-0.15, -0.1) is 0 Å². The van der Waals surface area contributed by atoms with Crippen LogP contribution in [0.25, 0.3) is 6.08 Å². The molecule has 0 saturated carbocycles. The van der Waals surface area contributed by atoms with Crippen LogP contribution < -0.4 is 10.6 Å². The summed E-state index contributed by atoms with van der Waals surface area (Å²) in [5.74, 6) is -0.673. The van der Waals surface area contributed by atoms with E-state index in [2.05, 4.69) is 10.6 Å². The van der Waals surface area contributed by atoms with Gasteiger partial charge in [0.2, 0.25) is 0 Å². The Hall–Kier alpha value is -2.59. The van der Waals surface area contributed by atoms with Crippen molar-refractivity contribution in [2.45, 2.75) is 26.7 Å². The highest BCUT2D eigenvalue weighted by Gasteiger charge is 2.15. The molecule has 0 aliphatic rings. The average Bonchev–Trinajstić information content (AvgIpc) is 2.63. The first-order valence-corrected chi connectivity index (χ1v) is 9.01. The molecule has 2 N–H and O–H groups in total. The van der Waals surface area contributed by atoms with E-state index >= 15 is 0 Å². The van der Waals surface area contributed by atoms with E-state index < -0.39 is 0 Å². The molecule has 4 nitrogen and oxygen atoms in total. The van der Waals surface area contributed by atoms with Crippen LogP contribution >= 0.6 is 11.6 Å². The summed E-state index contributed by atoms with van der Waals surface area (Å²) >= 11 is 6.18. The first-order valence-electron chi connectivity index (χ1n) is 8.63. The molecule has 0 aliphatic carbocycles. The Kier molecular flexibility index (Phi) is 7.42. The maximum Gasteiger partial charge on any atom is 0.267 e. The highest BCUT2D eigenvalue weighted by Crippen LogP contribution is 2.18. The van der Waals surface area contributed by atoms with Crippen molar-refractivity contribution in [1.29, 1.82) is 0 Å². The average molecular weight is 371 g/mol. The zero-order valence-corrected chi connectivity index (χ0v) is 15.8. The predicted molar refractivity (Wildman–Crippen MR) is 106 cm³/mol. The topological polar surface area (TPSA) is 58.2 Å². The van der Waals surface area contributed by atoms with Gasteiger partial charge in [0.1, 0.15) is 5.70 Å². The van der Waals surface area contributed by atoms with Crippen LogP contribution in [0.3, 0.4) is 0 Å². The number of carbonyl (C=O) groups excluding carboxylic acids is 2. The lowest BCUT2D eigenvalue weighted by Gasteiger charge is -2.11. The highest BCUT2D eigenvalue weighted by atomic mass is 35.5. The van der Waals surface area contributed by atoms with E-state index in [1.165, 1.54) is 0 Å². The minimum Gasteiger partial charge on any atom is -0.351 e. The van der Waals surface area contributed by atoms with Crippen molar-refractivity contribution in [3.63, 3.8) is 0 Å². The lowest BCUT2D eigenvalue weighted by atomic mass is 10.1. The lowest BCUT2D eigenvalue weighted by Crippen LogP contribution is -2.35. The summed E-state index contributed by atoms with van der Waals surface area (Å²) in [5.41, 5.74) is 2.38. The monoisotopic (exact) mass is 370 g/mol. The second-order valence-electron chi connectivity index (χ2n) is 6.01. The van der Waals surface area contributed by atoms with Gasteiger partial charge < -0.3 is 10.6 Å². The molecule has 2 aromatic carbocycles. The van der Waals surface area contributed by atoms with E-state index in [9.17, 15) is 9.59 Å². The Morgan fingerprint density at radius 1 is 1.08 bits per heavy atom. The lowest BCUT2D eigenvalue weighted by molar-refractivity contribution is -0.117. The Bertz CT molecular complexity index is 798. The Labute approximate surface area is 159 Å². The number of carbonyl (C=O) groups is 2. The smallest absolute Gasteiger partial charge is 0.267 e. The third kappa shape index (κ3) is 5.74. The standard InChI is InChI=1S/C21H23ClN2O2/c1-3-4-13-23-21(26)19(14-17-7-5-6-8-18(17)22)24-20(25)16-11-9-15(2)10-12-16/h5-12,14H,3-4,13H2,1-2H3,(H,23,26)(H,24,25)/b19-14+. The van der Waals surface area contributed by atoms with Gasteiger partial charge in [-0.25, -0.2) is 0 Å². The highest BCUT2D eigenvalue weighted by molar-refractivity contribution is 6.32. The quantitative estimate of drug-likeness (QED) is 0.562. The third-order valence-electron chi connectivity index (χ3n) is 3.83. The first kappa shape index (κ1) is 19.7. The Balaban J connectivity index is 2.25. The zero-order chi connectivity index (χ0) is 18.9. The summed E-state index contributed by atoms with van der Waals surface area (Å²) in [6.45, 7) is 4.55. The third-order valence-corrected chi connectivity index (χ3v) is 4.17. The zero-order valence-electron chi connectivity index (χ0n) is 15.0. The maximum atomic E-state index is 12.5. The summed E-state index contributed by atoms with van der Waals surface area (Å²) in [6.07, 6.45) is 3.44. The normalized spacial score (nSPS) is 11.1. The molecule has 0 spiro atoms. The molecule has 0 atom stereocenters. The van der Waals surface area contributed by atoms with Crippen molar-refractivity contribution < 1.29 is 9.59 Å². The van der Waals surface area contributed by atoms with Gasteiger partial charge in [-0.2, -0.15) is 0 Å². The van der Waals surface area contributed by atoms with Crippen LogP contribution in [0.4, 0.5) is 0 Å². The molecular formula is C21H23ClN2O2. The number of aryl methyl sites for hydroxylation is 1. The Morgan fingerprint density at radius 3 is 2.42 bits per heavy atom. The van der Waals surface area contributed by atoms with Crippen molar-refractivity contribution in [2.24, 2.45) is 0 Å². The number of halogens is 1. The first-order chi connectivity index (χ1) is 12.5. The minimum atomic E-state index is -0.339. The van der Waals surface area contributed by atoms with E-state index in [0.29, 0.717) is 22.7 Å². The SMILES string of the molecule is CCCCNC(=O)/C(=C\c1ccccc1Cl)NC(=O)c1ccc(C)cc1. The molecule has 0 bridgehead atoms. The van der Waals surface area contributed by atoms with Crippen LogP contribution in [0.1, 0.15) is 41.3 Å². The fourth-order valence-corrected chi connectivity index (χ4v) is 2.47. The molecule has 0 saturated heterocycles. The van der Waals surface area contributed by atoms with Crippen LogP contribution in [0.5, 0.6) is 0 Å². The van der Waals surface area contributed by atoms with Gasteiger partial charge in [-0.1, -0.05) is 60.8 Å². The van der Waals surface area contributed by atoms with Gasteiger partial charge in [0, 0.05) is 17.1 Å². The van der Waals surface area contributed by atoms with Crippen molar-refractivity contribution >= 4 is 29.5 Å². The maximum absolute atomic E-state index is 12.5. The second-order valence-corrected chi connectivity index (χ2v) is 6.42. The molecule has 0 heterocycles. The molecule has 5 heteroatoms. The predicted octanol–water partition coefficient (Wildman–Crippen LogP) is 4.34. The van der Waals surface area contributed by atoms with Gasteiger partial charge in [0.25, 0.3) is 11.8 Å². The molecule has 136 valence electrons. The second kappa shape index (κ2) is 9.78. The Morgan fingerprint density at radius 2 is 1.77 bits per heavy atom.